The monoisotopic (exact) mass is 208 g/mol. The molecule has 0 aliphatic rings. The van der Waals surface area contributed by atoms with Gasteiger partial charge in [0.15, 0.2) is 0 Å². The second-order valence-electron chi connectivity index (χ2n) is 3.54. The Morgan fingerprint density at radius 1 is 1.50 bits per heavy atom. The number of hydrogen-bond acceptors (Lipinski definition) is 3. The number of nitrogens with one attached hydrogen (secondary N) is 1. The van der Waals surface area contributed by atoms with Crippen molar-refractivity contribution in [2.75, 3.05) is 0 Å². The summed E-state index contributed by atoms with van der Waals surface area (Å²) in [6, 6.07) is 6.63. The van der Waals surface area contributed by atoms with Gasteiger partial charge < -0.3 is 0 Å². The molecular weight excluding hydrogens is 192 g/mol. The van der Waals surface area contributed by atoms with Crippen LogP contribution in [0.3, 0.4) is 0 Å². The van der Waals surface area contributed by atoms with Gasteiger partial charge in [0.25, 0.3) is 0 Å². The van der Waals surface area contributed by atoms with Gasteiger partial charge in [0.05, 0.1) is 6.07 Å². The zero-order valence-corrected chi connectivity index (χ0v) is 9.69. The Bertz CT molecular complexity index is 322. The van der Waals surface area contributed by atoms with Crippen molar-refractivity contribution in [3.8, 4) is 6.07 Å². The summed E-state index contributed by atoms with van der Waals surface area (Å²) >= 11 is 1.72. The van der Waals surface area contributed by atoms with Crippen molar-refractivity contribution in [1.29, 1.82) is 5.26 Å². The molecule has 0 saturated carbocycles. The molecule has 1 heterocycles. The highest BCUT2D eigenvalue weighted by Crippen LogP contribution is 2.23. The summed E-state index contributed by atoms with van der Waals surface area (Å²) in [6.07, 6.45) is 1.05. The van der Waals surface area contributed by atoms with E-state index in [9.17, 15) is 0 Å². The van der Waals surface area contributed by atoms with Gasteiger partial charge in [-0.2, -0.15) is 5.26 Å². The quantitative estimate of drug-likeness (QED) is 0.826. The summed E-state index contributed by atoms with van der Waals surface area (Å²) in [5.41, 5.74) is 0. The summed E-state index contributed by atoms with van der Waals surface area (Å²) < 4.78 is 0. The summed E-state index contributed by atoms with van der Waals surface area (Å²) in [5, 5.41) is 12.2. The van der Waals surface area contributed by atoms with Crippen molar-refractivity contribution < 1.29 is 0 Å². The Hall–Kier alpha value is -0.850. The number of thiophene rings is 1. The molecule has 14 heavy (non-hydrogen) atoms. The van der Waals surface area contributed by atoms with E-state index in [4.69, 9.17) is 5.26 Å². The largest absolute Gasteiger partial charge is 0.295 e. The molecule has 1 aromatic heterocycles. The number of aryl methyl sites for hydroxylation is 1. The van der Waals surface area contributed by atoms with Crippen LogP contribution >= 0.6 is 11.3 Å². The van der Waals surface area contributed by atoms with Crippen molar-refractivity contribution in [3.63, 3.8) is 0 Å². The van der Waals surface area contributed by atoms with Crippen molar-refractivity contribution in [3.05, 3.63) is 21.9 Å². The Balaban J connectivity index is 2.75. The Morgan fingerprint density at radius 3 is 2.64 bits per heavy atom. The number of nitriles is 1. The smallest absolute Gasteiger partial charge is 0.130 e. The highest BCUT2D eigenvalue weighted by molar-refractivity contribution is 7.12. The van der Waals surface area contributed by atoms with E-state index in [0.717, 1.165) is 11.3 Å². The minimum absolute atomic E-state index is 0.153. The molecule has 1 N–H and O–H groups in total. The van der Waals surface area contributed by atoms with Gasteiger partial charge in [0, 0.05) is 15.8 Å². The number of nitrogens with zero attached hydrogens (tertiary/aromatic N) is 1. The molecule has 0 saturated heterocycles. The molecule has 2 nitrogen and oxygen atoms in total. The predicted octanol–water partition coefficient (Wildman–Crippen LogP) is 2.87. The molecule has 0 aliphatic heterocycles. The SMILES string of the molecule is CCc1ccc(C(C#N)NC(C)C)s1. The zero-order chi connectivity index (χ0) is 10.6. The molecule has 0 amide bonds. The molecular formula is C11H16N2S. The fourth-order valence-electron chi connectivity index (χ4n) is 1.26. The lowest BCUT2D eigenvalue weighted by Gasteiger charge is -2.12. The third kappa shape index (κ3) is 2.83. The van der Waals surface area contributed by atoms with Crippen LogP contribution in [0.15, 0.2) is 12.1 Å². The lowest BCUT2D eigenvalue weighted by molar-refractivity contribution is 0.551. The van der Waals surface area contributed by atoms with Crippen LogP contribution in [0, 0.1) is 11.3 Å². The van der Waals surface area contributed by atoms with Crippen molar-refractivity contribution in [2.24, 2.45) is 0 Å². The molecule has 1 unspecified atom stereocenters. The van der Waals surface area contributed by atoms with Crippen LogP contribution in [-0.2, 0) is 6.42 Å². The minimum atomic E-state index is -0.153. The van der Waals surface area contributed by atoms with E-state index in [-0.39, 0.29) is 6.04 Å². The zero-order valence-electron chi connectivity index (χ0n) is 8.87. The molecule has 76 valence electrons. The first-order valence-electron chi connectivity index (χ1n) is 4.91. The van der Waals surface area contributed by atoms with Crippen LogP contribution in [0.4, 0.5) is 0 Å². The molecule has 0 bridgehead atoms. The molecule has 0 fully saturated rings. The van der Waals surface area contributed by atoms with E-state index < -0.39 is 0 Å². The van der Waals surface area contributed by atoms with Crippen molar-refractivity contribution in [2.45, 2.75) is 39.3 Å². The standard InChI is InChI=1S/C11H16N2S/c1-4-9-5-6-11(14-9)10(7-12)13-8(2)3/h5-6,8,10,13H,4H2,1-3H3. The molecule has 0 spiro atoms. The predicted molar refractivity (Wildman–Crippen MR) is 60.3 cm³/mol. The maximum atomic E-state index is 9.00. The average Bonchev–Trinajstić information content (AvgIpc) is 2.62. The third-order valence-electron chi connectivity index (χ3n) is 1.94. The van der Waals surface area contributed by atoms with Crippen LogP contribution < -0.4 is 5.32 Å². The van der Waals surface area contributed by atoms with E-state index >= 15 is 0 Å². The Morgan fingerprint density at radius 2 is 2.21 bits per heavy atom. The van der Waals surface area contributed by atoms with Gasteiger partial charge in [0.2, 0.25) is 0 Å². The Kier molecular flexibility index (Phi) is 4.12. The molecule has 1 rings (SSSR count). The molecule has 0 aromatic carbocycles. The van der Waals surface area contributed by atoms with Gasteiger partial charge in [-0.3, -0.25) is 5.32 Å². The summed E-state index contributed by atoms with van der Waals surface area (Å²) in [5.74, 6) is 0. The van der Waals surface area contributed by atoms with Gasteiger partial charge in [-0.1, -0.05) is 6.92 Å². The van der Waals surface area contributed by atoms with Crippen molar-refractivity contribution >= 4 is 11.3 Å². The van der Waals surface area contributed by atoms with E-state index in [2.05, 4.69) is 38.2 Å². The maximum absolute atomic E-state index is 9.00. The fourth-order valence-corrected chi connectivity index (χ4v) is 2.21. The van der Waals surface area contributed by atoms with Crippen LogP contribution in [0.2, 0.25) is 0 Å². The van der Waals surface area contributed by atoms with Crippen LogP contribution in [0.25, 0.3) is 0 Å². The molecule has 0 aliphatic carbocycles. The van der Waals surface area contributed by atoms with Gasteiger partial charge in [0.1, 0.15) is 6.04 Å². The van der Waals surface area contributed by atoms with E-state index in [1.807, 2.05) is 6.07 Å². The first-order valence-corrected chi connectivity index (χ1v) is 5.73. The second-order valence-corrected chi connectivity index (χ2v) is 4.74. The number of rotatable bonds is 4. The lowest BCUT2D eigenvalue weighted by Crippen LogP contribution is -2.26. The Labute approximate surface area is 89.6 Å². The van der Waals surface area contributed by atoms with Gasteiger partial charge >= 0.3 is 0 Å². The summed E-state index contributed by atoms with van der Waals surface area (Å²) in [4.78, 5) is 2.46. The van der Waals surface area contributed by atoms with E-state index in [1.165, 1.54) is 4.88 Å². The third-order valence-corrected chi connectivity index (χ3v) is 3.24. The van der Waals surface area contributed by atoms with Crippen molar-refractivity contribution in [1.82, 2.24) is 5.32 Å². The summed E-state index contributed by atoms with van der Waals surface area (Å²) in [6.45, 7) is 6.24. The topological polar surface area (TPSA) is 35.8 Å². The summed E-state index contributed by atoms with van der Waals surface area (Å²) in [7, 11) is 0. The average molecular weight is 208 g/mol. The molecule has 3 heteroatoms. The first kappa shape index (κ1) is 11.2. The second kappa shape index (κ2) is 5.14. The van der Waals surface area contributed by atoms with Crippen LogP contribution in [0.5, 0.6) is 0 Å². The normalized spacial score (nSPS) is 12.8. The lowest BCUT2D eigenvalue weighted by atomic mass is 10.2. The first-order chi connectivity index (χ1) is 6.67. The number of hydrogen-bond donors (Lipinski definition) is 1. The minimum Gasteiger partial charge on any atom is -0.295 e. The maximum Gasteiger partial charge on any atom is 0.130 e. The van der Waals surface area contributed by atoms with Gasteiger partial charge in [-0.15, -0.1) is 11.3 Å². The highest BCUT2D eigenvalue weighted by Gasteiger charge is 2.13. The molecule has 1 aromatic rings. The van der Waals surface area contributed by atoms with Crippen LogP contribution in [-0.4, -0.2) is 6.04 Å². The highest BCUT2D eigenvalue weighted by atomic mass is 32.1. The molecule has 1 atom stereocenters. The fraction of sp³-hybridized carbons (Fsp3) is 0.545. The van der Waals surface area contributed by atoms with E-state index in [1.54, 1.807) is 11.3 Å². The van der Waals surface area contributed by atoms with Gasteiger partial charge in [-0.05, 0) is 32.4 Å². The van der Waals surface area contributed by atoms with Gasteiger partial charge in [-0.25, -0.2) is 0 Å². The van der Waals surface area contributed by atoms with E-state index in [0.29, 0.717) is 6.04 Å². The molecule has 0 radical (unpaired) electrons. The van der Waals surface area contributed by atoms with Crippen LogP contribution in [0.1, 0.15) is 36.6 Å².